The van der Waals surface area contributed by atoms with Gasteiger partial charge >= 0.3 is 0 Å². The van der Waals surface area contributed by atoms with Gasteiger partial charge in [-0.25, -0.2) is 9.99 Å². The quantitative estimate of drug-likeness (QED) is 0.867. The normalized spacial score (nSPS) is 14.0. The molecule has 1 aromatic carbocycles. The van der Waals surface area contributed by atoms with Gasteiger partial charge in [0.15, 0.2) is 5.13 Å². The average molecular weight is 374 g/mol. The SMILES string of the molecule is COc1ccc(OC)c(-c2csc(NC(=O)C3=NN(C)C(=O)CC3)n2)c1. The number of hydrogen-bond acceptors (Lipinski definition) is 7. The second-order valence-electron chi connectivity index (χ2n) is 5.52. The van der Waals surface area contributed by atoms with Crippen LogP contribution in [-0.4, -0.2) is 48.8 Å². The van der Waals surface area contributed by atoms with Crippen molar-refractivity contribution < 1.29 is 19.1 Å². The van der Waals surface area contributed by atoms with Gasteiger partial charge in [0.25, 0.3) is 5.91 Å². The lowest BCUT2D eigenvalue weighted by Crippen LogP contribution is -2.34. The lowest BCUT2D eigenvalue weighted by molar-refractivity contribution is -0.130. The number of benzene rings is 1. The third kappa shape index (κ3) is 3.67. The van der Waals surface area contributed by atoms with E-state index in [2.05, 4.69) is 15.4 Å². The fourth-order valence-corrected chi connectivity index (χ4v) is 3.18. The molecule has 1 aromatic heterocycles. The Morgan fingerprint density at radius 3 is 2.77 bits per heavy atom. The van der Waals surface area contributed by atoms with Crippen molar-refractivity contribution in [2.45, 2.75) is 12.8 Å². The number of rotatable bonds is 5. The number of hydrazone groups is 1. The number of nitrogens with zero attached hydrogens (tertiary/aromatic N) is 3. The van der Waals surface area contributed by atoms with Gasteiger partial charge in [-0.05, 0) is 18.2 Å². The fourth-order valence-electron chi connectivity index (χ4n) is 2.47. The first-order valence-electron chi connectivity index (χ1n) is 7.85. The number of anilines is 1. The van der Waals surface area contributed by atoms with Crippen molar-refractivity contribution >= 4 is 34.0 Å². The Balaban J connectivity index is 1.79. The summed E-state index contributed by atoms with van der Waals surface area (Å²) >= 11 is 1.30. The van der Waals surface area contributed by atoms with E-state index in [1.807, 2.05) is 11.4 Å². The molecule has 2 heterocycles. The zero-order valence-electron chi connectivity index (χ0n) is 14.6. The zero-order chi connectivity index (χ0) is 18.7. The molecule has 3 rings (SSSR count). The predicted molar refractivity (Wildman–Crippen MR) is 98.7 cm³/mol. The van der Waals surface area contributed by atoms with Crippen LogP contribution in [0.15, 0.2) is 28.7 Å². The minimum atomic E-state index is -0.358. The molecule has 26 heavy (non-hydrogen) atoms. The van der Waals surface area contributed by atoms with Crippen molar-refractivity contribution in [3.8, 4) is 22.8 Å². The van der Waals surface area contributed by atoms with Gasteiger partial charge in [0.2, 0.25) is 5.91 Å². The summed E-state index contributed by atoms with van der Waals surface area (Å²) in [5.74, 6) is 0.875. The number of aromatic nitrogens is 1. The molecule has 8 nitrogen and oxygen atoms in total. The molecule has 0 radical (unpaired) electrons. The van der Waals surface area contributed by atoms with Crippen LogP contribution in [0.1, 0.15) is 12.8 Å². The third-order valence-electron chi connectivity index (χ3n) is 3.88. The van der Waals surface area contributed by atoms with E-state index in [0.29, 0.717) is 34.5 Å². The summed E-state index contributed by atoms with van der Waals surface area (Å²) < 4.78 is 10.6. The second-order valence-corrected chi connectivity index (χ2v) is 6.38. The van der Waals surface area contributed by atoms with Gasteiger partial charge < -0.3 is 9.47 Å². The maximum atomic E-state index is 12.3. The highest BCUT2D eigenvalue weighted by Gasteiger charge is 2.23. The van der Waals surface area contributed by atoms with Gasteiger partial charge in [-0.2, -0.15) is 5.10 Å². The standard InChI is InChI=1S/C17H18N4O4S/c1-21-15(22)7-5-12(20-21)16(23)19-17-18-13(9-26-17)11-8-10(24-2)4-6-14(11)25-3/h4,6,8-9H,5,7H2,1-3H3,(H,18,19,23). The summed E-state index contributed by atoms with van der Waals surface area (Å²) in [4.78, 5) is 28.2. The van der Waals surface area contributed by atoms with E-state index in [9.17, 15) is 9.59 Å². The van der Waals surface area contributed by atoms with Crippen molar-refractivity contribution in [2.24, 2.45) is 5.10 Å². The summed E-state index contributed by atoms with van der Waals surface area (Å²) in [5.41, 5.74) is 1.74. The summed E-state index contributed by atoms with van der Waals surface area (Å²) in [6, 6.07) is 5.43. The van der Waals surface area contributed by atoms with Crippen LogP contribution in [0.4, 0.5) is 5.13 Å². The zero-order valence-corrected chi connectivity index (χ0v) is 15.4. The smallest absolute Gasteiger partial charge is 0.273 e. The third-order valence-corrected chi connectivity index (χ3v) is 4.63. The summed E-state index contributed by atoms with van der Waals surface area (Å²) in [6.45, 7) is 0. The Morgan fingerprint density at radius 1 is 1.27 bits per heavy atom. The molecule has 0 atom stereocenters. The van der Waals surface area contributed by atoms with Crippen LogP contribution >= 0.6 is 11.3 Å². The average Bonchev–Trinajstić information content (AvgIpc) is 3.11. The van der Waals surface area contributed by atoms with Crippen molar-refractivity contribution in [1.82, 2.24) is 9.99 Å². The molecule has 0 saturated carbocycles. The number of thiazole rings is 1. The second kappa shape index (κ2) is 7.52. The van der Waals surface area contributed by atoms with Gasteiger partial charge in [0.1, 0.15) is 17.2 Å². The van der Waals surface area contributed by atoms with E-state index in [0.717, 1.165) is 5.56 Å². The molecule has 2 aromatic rings. The number of nitrogens with one attached hydrogen (secondary N) is 1. The Kier molecular flexibility index (Phi) is 5.17. The summed E-state index contributed by atoms with van der Waals surface area (Å²) in [6.07, 6.45) is 0.587. The Hall–Kier alpha value is -2.94. The molecule has 0 spiro atoms. The lowest BCUT2D eigenvalue weighted by Gasteiger charge is -2.18. The first kappa shape index (κ1) is 17.9. The number of carbonyl (C=O) groups is 2. The summed E-state index contributed by atoms with van der Waals surface area (Å²) in [5, 5.41) is 10.2. The van der Waals surface area contributed by atoms with Crippen LogP contribution in [0.25, 0.3) is 11.3 Å². The number of ether oxygens (including phenoxy) is 2. The van der Waals surface area contributed by atoms with Gasteiger partial charge in [0, 0.05) is 30.8 Å². The maximum Gasteiger partial charge on any atom is 0.273 e. The van der Waals surface area contributed by atoms with Crippen LogP contribution in [0.3, 0.4) is 0 Å². The molecular weight excluding hydrogens is 356 g/mol. The number of amides is 2. The fraction of sp³-hybridized carbons (Fsp3) is 0.294. The molecule has 1 aliphatic rings. The highest BCUT2D eigenvalue weighted by Crippen LogP contribution is 2.35. The van der Waals surface area contributed by atoms with Gasteiger partial charge in [-0.15, -0.1) is 11.3 Å². The molecule has 1 N–H and O–H groups in total. The Morgan fingerprint density at radius 2 is 2.08 bits per heavy atom. The van der Waals surface area contributed by atoms with Crippen LogP contribution in [0.2, 0.25) is 0 Å². The van der Waals surface area contributed by atoms with Crippen LogP contribution in [0.5, 0.6) is 11.5 Å². The largest absolute Gasteiger partial charge is 0.497 e. The monoisotopic (exact) mass is 374 g/mol. The minimum absolute atomic E-state index is 0.108. The molecule has 9 heteroatoms. The topological polar surface area (TPSA) is 93.1 Å². The summed E-state index contributed by atoms with van der Waals surface area (Å²) in [7, 11) is 4.70. The van der Waals surface area contributed by atoms with Crippen LogP contribution < -0.4 is 14.8 Å². The predicted octanol–water partition coefficient (Wildman–Crippen LogP) is 2.37. The van der Waals surface area contributed by atoms with E-state index >= 15 is 0 Å². The molecule has 0 aliphatic carbocycles. The number of methoxy groups -OCH3 is 2. The highest BCUT2D eigenvalue weighted by atomic mass is 32.1. The van der Waals surface area contributed by atoms with Crippen molar-refractivity contribution in [1.29, 1.82) is 0 Å². The van der Waals surface area contributed by atoms with E-state index < -0.39 is 0 Å². The first-order chi connectivity index (χ1) is 12.5. The Labute approximate surface area is 154 Å². The highest BCUT2D eigenvalue weighted by molar-refractivity contribution is 7.14. The van der Waals surface area contributed by atoms with E-state index in [1.165, 1.54) is 23.4 Å². The molecule has 0 saturated heterocycles. The molecule has 0 bridgehead atoms. The first-order valence-corrected chi connectivity index (χ1v) is 8.73. The lowest BCUT2D eigenvalue weighted by atomic mass is 10.1. The maximum absolute atomic E-state index is 12.3. The molecule has 136 valence electrons. The van der Waals surface area contributed by atoms with Crippen molar-refractivity contribution in [3.05, 3.63) is 23.6 Å². The van der Waals surface area contributed by atoms with E-state index in [1.54, 1.807) is 26.4 Å². The molecule has 0 fully saturated rings. The van der Waals surface area contributed by atoms with Gasteiger partial charge in [-0.1, -0.05) is 0 Å². The number of carbonyl (C=O) groups excluding carboxylic acids is 2. The van der Waals surface area contributed by atoms with Crippen LogP contribution in [0, 0.1) is 0 Å². The van der Waals surface area contributed by atoms with Crippen molar-refractivity contribution in [2.75, 3.05) is 26.6 Å². The van der Waals surface area contributed by atoms with Crippen molar-refractivity contribution in [3.63, 3.8) is 0 Å². The van der Waals surface area contributed by atoms with Crippen LogP contribution in [-0.2, 0) is 9.59 Å². The van der Waals surface area contributed by atoms with Gasteiger partial charge in [-0.3, -0.25) is 14.9 Å². The Bertz CT molecular complexity index is 877. The molecule has 0 unspecified atom stereocenters. The molecular formula is C17H18N4O4S. The molecule has 1 aliphatic heterocycles. The van der Waals surface area contributed by atoms with E-state index in [-0.39, 0.29) is 18.2 Å². The molecule has 2 amide bonds. The number of hydrogen-bond donors (Lipinski definition) is 1. The van der Waals surface area contributed by atoms with E-state index in [4.69, 9.17) is 9.47 Å². The minimum Gasteiger partial charge on any atom is -0.497 e. The van der Waals surface area contributed by atoms with Gasteiger partial charge in [0.05, 0.1) is 19.9 Å².